The topological polar surface area (TPSA) is 53.6 Å². The van der Waals surface area contributed by atoms with Gasteiger partial charge in [-0.05, 0) is 40.2 Å². The van der Waals surface area contributed by atoms with Crippen molar-refractivity contribution < 1.29 is 0 Å². The summed E-state index contributed by atoms with van der Waals surface area (Å²) in [6, 6.07) is 11.8. The maximum absolute atomic E-state index is 4.17. The van der Waals surface area contributed by atoms with Crippen molar-refractivity contribution in [1.82, 2.24) is 15.2 Å². The number of aromatic nitrogens is 3. The second-order valence-corrected chi connectivity index (χ2v) is 4.43. The molecule has 1 aromatic carbocycles. The number of benzene rings is 1. The third-order valence-corrected chi connectivity index (χ3v) is 3.15. The molecular weight excluding hydrogens is 280 g/mol. The molecule has 0 aliphatic heterocycles. The van der Waals surface area contributed by atoms with Gasteiger partial charge in [-0.2, -0.15) is 5.10 Å². The van der Waals surface area contributed by atoms with Gasteiger partial charge in [0.05, 0.1) is 11.1 Å². The standard InChI is InChI=1S/C12H9BrN4/c13-9-5-1-2-6-10(9)15-12-8-4-3-7-14-11(8)16-17-12/h1-7H,(H2,14,15,16,17). The molecule has 0 atom stereocenters. The van der Waals surface area contributed by atoms with Crippen molar-refractivity contribution in [2.24, 2.45) is 0 Å². The number of anilines is 2. The van der Waals surface area contributed by atoms with Crippen LogP contribution >= 0.6 is 15.9 Å². The molecule has 4 nitrogen and oxygen atoms in total. The molecule has 0 aliphatic carbocycles. The van der Waals surface area contributed by atoms with E-state index in [1.165, 1.54) is 0 Å². The summed E-state index contributed by atoms with van der Waals surface area (Å²) < 4.78 is 1.01. The molecule has 0 spiro atoms. The fourth-order valence-electron chi connectivity index (χ4n) is 1.64. The molecule has 0 radical (unpaired) electrons. The first kappa shape index (κ1) is 10.3. The van der Waals surface area contributed by atoms with Crippen LogP contribution in [0, 0.1) is 0 Å². The number of aromatic amines is 1. The highest BCUT2D eigenvalue weighted by Gasteiger charge is 2.06. The van der Waals surface area contributed by atoms with Crippen molar-refractivity contribution in [1.29, 1.82) is 0 Å². The predicted molar refractivity (Wildman–Crippen MR) is 71.3 cm³/mol. The number of fused-ring (bicyclic) bond motifs is 1. The van der Waals surface area contributed by atoms with E-state index in [1.807, 2.05) is 36.4 Å². The molecule has 17 heavy (non-hydrogen) atoms. The Labute approximate surface area is 106 Å². The van der Waals surface area contributed by atoms with Crippen molar-refractivity contribution in [3.8, 4) is 0 Å². The third-order valence-electron chi connectivity index (χ3n) is 2.46. The van der Waals surface area contributed by atoms with Crippen LogP contribution in [0.2, 0.25) is 0 Å². The zero-order chi connectivity index (χ0) is 11.7. The van der Waals surface area contributed by atoms with Crippen LogP contribution in [0.3, 0.4) is 0 Å². The van der Waals surface area contributed by atoms with Crippen LogP contribution in [0.5, 0.6) is 0 Å². The van der Waals surface area contributed by atoms with E-state index in [4.69, 9.17) is 0 Å². The second-order valence-electron chi connectivity index (χ2n) is 3.58. The summed E-state index contributed by atoms with van der Waals surface area (Å²) in [4.78, 5) is 4.17. The quantitative estimate of drug-likeness (QED) is 0.759. The van der Waals surface area contributed by atoms with Crippen molar-refractivity contribution in [3.63, 3.8) is 0 Å². The van der Waals surface area contributed by atoms with Crippen LogP contribution in [0.1, 0.15) is 0 Å². The minimum Gasteiger partial charge on any atom is -0.339 e. The zero-order valence-electron chi connectivity index (χ0n) is 8.81. The van der Waals surface area contributed by atoms with E-state index in [0.29, 0.717) is 5.65 Å². The summed E-state index contributed by atoms with van der Waals surface area (Å²) in [7, 11) is 0. The van der Waals surface area contributed by atoms with E-state index in [9.17, 15) is 0 Å². The molecule has 2 heterocycles. The largest absolute Gasteiger partial charge is 0.339 e. The van der Waals surface area contributed by atoms with Crippen molar-refractivity contribution in [2.45, 2.75) is 0 Å². The number of hydrogen-bond acceptors (Lipinski definition) is 3. The minimum atomic E-state index is 0.710. The molecule has 2 N–H and O–H groups in total. The summed E-state index contributed by atoms with van der Waals surface area (Å²) in [6.07, 6.45) is 1.73. The van der Waals surface area contributed by atoms with Gasteiger partial charge in [-0.3, -0.25) is 5.10 Å². The fraction of sp³-hybridized carbons (Fsp3) is 0. The van der Waals surface area contributed by atoms with Gasteiger partial charge in [0.25, 0.3) is 0 Å². The van der Waals surface area contributed by atoms with Gasteiger partial charge in [-0.15, -0.1) is 0 Å². The van der Waals surface area contributed by atoms with Gasteiger partial charge in [-0.25, -0.2) is 4.98 Å². The minimum absolute atomic E-state index is 0.710. The monoisotopic (exact) mass is 288 g/mol. The lowest BCUT2D eigenvalue weighted by Gasteiger charge is -2.05. The zero-order valence-corrected chi connectivity index (χ0v) is 10.4. The Balaban J connectivity index is 2.03. The first-order valence-electron chi connectivity index (χ1n) is 5.15. The Bertz CT molecular complexity index is 662. The predicted octanol–water partition coefficient (Wildman–Crippen LogP) is 3.46. The average molecular weight is 289 g/mol. The molecule has 3 rings (SSSR count). The van der Waals surface area contributed by atoms with Gasteiger partial charge >= 0.3 is 0 Å². The van der Waals surface area contributed by atoms with Gasteiger partial charge in [0.1, 0.15) is 5.82 Å². The maximum Gasteiger partial charge on any atom is 0.183 e. The third kappa shape index (κ3) is 1.89. The molecule has 0 unspecified atom stereocenters. The Hall–Kier alpha value is -1.88. The number of hydrogen-bond donors (Lipinski definition) is 2. The van der Waals surface area contributed by atoms with E-state index in [2.05, 4.69) is 36.4 Å². The van der Waals surface area contributed by atoms with Gasteiger partial charge in [-0.1, -0.05) is 12.1 Å². The Morgan fingerprint density at radius 2 is 2.00 bits per heavy atom. The SMILES string of the molecule is Brc1ccccc1Nc1[nH]nc2ncccc12. The summed E-state index contributed by atoms with van der Waals surface area (Å²) in [6.45, 7) is 0. The second kappa shape index (κ2) is 4.18. The molecule has 0 saturated heterocycles. The smallest absolute Gasteiger partial charge is 0.183 e. The number of pyridine rings is 1. The summed E-state index contributed by atoms with van der Waals surface area (Å²) in [5, 5.41) is 11.3. The van der Waals surface area contributed by atoms with Crippen LogP contribution in [-0.2, 0) is 0 Å². The molecule has 0 amide bonds. The van der Waals surface area contributed by atoms with E-state index in [-0.39, 0.29) is 0 Å². The van der Waals surface area contributed by atoms with Crippen molar-refractivity contribution in [3.05, 3.63) is 47.1 Å². The van der Waals surface area contributed by atoms with Crippen molar-refractivity contribution in [2.75, 3.05) is 5.32 Å². The molecule has 84 valence electrons. The molecule has 0 aliphatic rings. The Kier molecular flexibility index (Phi) is 2.53. The molecule has 0 fully saturated rings. The molecule has 5 heteroatoms. The fourth-order valence-corrected chi connectivity index (χ4v) is 2.03. The van der Waals surface area contributed by atoms with Crippen molar-refractivity contribution >= 4 is 38.5 Å². The molecular formula is C12H9BrN4. The molecule has 2 aromatic heterocycles. The Morgan fingerprint density at radius 3 is 2.88 bits per heavy atom. The number of nitrogens with one attached hydrogen (secondary N) is 2. The van der Waals surface area contributed by atoms with E-state index < -0.39 is 0 Å². The number of para-hydroxylation sites is 1. The maximum atomic E-state index is 4.17. The van der Waals surface area contributed by atoms with Crippen LogP contribution in [0.4, 0.5) is 11.5 Å². The van der Waals surface area contributed by atoms with Crippen LogP contribution in [0.15, 0.2) is 47.1 Å². The highest BCUT2D eigenvalue weighted by molar-refractivity contribution is 9.10. The highest BCUT2D eigenvalue weighted by Crippen LogP contribution is 2.27. The van der Waals surface area contributed by atoms with E-state index in [1.54, 1.807) is 6.20 Å². The molecule has 3 aromatic rings. The molecule has 0 bridgehead atoms. The first-order valence-corrected chi connectivity index (χ1v) is 5.94. The molecule has 0 saturated carbocycles. The van der Waals surface area contributed by atoms with Gasteiger partial charge in [0.15, 0.2) is 5.65 Å². The van der Waals surface area contributed by atoms with Gasteiger partial charge in [0.2, 0.25) is 0 Å². The van der Waals surface area contributed by atoms with Gasteiger partial charge < -0.3 is 5.32 Å². The Morgan fingerprint density at radius 1 is 1.12 bits per heavy atom. The summed E-state index contributed by atoms with van der Waals surface area (Å²) >= 11 is 3.49. The van der Waals surface area contributed by atoms with Crippen LogP contribution in [-0.4, -0.2) is 15.2 Å². The summed E-state index contributed by atoms with van der Waals surface area (Å²) in [5.74, 6) is 0.847. The lowest BCUT2D eigenvalue weighted by Crippen LogP contribution is -1.91. The van der Waals surface area contributed by atoms with Crippen LogP contribution < -0.4 is 5.32 Å². The highest BCUT2D eigenvalue weighted by atomic mass is 79.9. The van der Waals surface area contributed by atoms with E-state index in [0.717, 1.165) is 21.4 Å². The number of nitrogens with zero attached hydrogens (tertiary/aromatic N) is 2. The number of halogens is 1. The summed E-state index contributed by atoms with van der Waals surface area (Å²) in [5.41, 5.74) is 1.70. The lowest BCUT2D eigenvalue weighted by atomic mass is 10.3. The lowest BCUT2D eigenvalue weighted by molar-refractivity contribution is 1.10. The average Bonchev–Trinajstić information content (AvgIpc) is 2.76. The normalized spacial score (nSPS) is 10.6. The van der Waals surface area contributed by atoms with Gasteiger partial charge in [0, 0.05) is 10.7 Å². The number of rotatable bonds is 2. The first-order chi connectivity index (χ1) is 8.34. The number of H-pyrrole nitrogens is 1. The van der Waals surface area contributed by atoms with Crippen LogP contribution in [0.25, 0.3) is 11.0 Å². The van der Waals surface area contributed by atoms with E-state index >= 15 is 0 Å².